The first-order chi connectivity index (χ1) is 15.3. The van der Waals surface area contributed by atoms with E-state index in [1.165, 1.54) is 24.9 Å². The Kier molecular flexibility index (Phi) is 5.76. The van der Waals surface area contributed by atoms with Crippen molar-refractivity contribution in [3.8, 4) is 0 Å². The molecule has 3 aromatic rings. The van der Waals surface area contributed by atoms with Crippen LogP contribution in [-0.2, 0) is 4.79 Å². The van der Waals surface area contributed by atoms with Gasteiger partial charge in [0.25, 0.3) is 5.91 Å². The zero-order chi connectivity index (χ0) is 21.0. The molecule has 2 aliphatic rings. The normalized spacial score (nSPS) is 18.8. The molecule has 31 heavy (non-hydrogen) atoms. The van der Waals surface area contributed by atoms with E-state index in [0.29, 0.717) is 6.42 Å². The predicted octanol–water partition coefficient (Wildman–Crippen LogP) is 5.12. The fraction of sp³-hybridized carbons (Fsp3) is 0.333. The van der Waals surface area contributed by atoms with Gasteiger partial charge in [-0.05, 0) is 55.0 Å². The lowest BCUT2D eigenvalue weighted by Gasteiger charge is -2.30. The molecule has 1 aromatic carbocycles. The van der Waals surface area contributed by atoms with Gasteiger partial charge in [-0.25, -0.2) is 5.01 Å². The summed E-state index contributed by atoms with van der Waals surface area (Å²) in [5.74, 6) is 0.693. The minimum atomic E-state index is -0.210. The third-order valence-electron chi connectivity index (χ3n) is 5.87. The molecule has 6 nitrogen and oxygen atoms in total. The monoisotopic (exact) mass is 434 g/mol. The van der Waals surface area contributed by atoms with Crippen LogP contribution >= 0.6 is 11.3 Å². The largest absolute Gasteiger partial charge is 0.467 e. The number of amides is 1. The van der Waals surface area contributed by atoms with E-state index in [0.717, 1.165) is 35.1 Å². The van der Waals surface area contributed by atoms with Crippen molar-refractivity contribution in [2.45, 2.75) is 31.7 Å². The average Bonchev–Trinajstić information content (AvgIpc) is 3.59. The Morgan fingerprint density at radius 3 is 2.74 bits per heavy atom. The second-order valence-corrected chi connectivity index (χ2v) is 8.86. The summed E-state index contributed by atoms with van der Waals surface area (Å²) in [7, 11) is 0. The third kappa shape index (κ3) is 4.23. The van der Waals surface area contributed by atoms with Crippen molar-refractivity contribution in [3.63, 3.8) is 0 Å². The minimum Gasteiger partial charge on any atom is -0.467 e. The van der Waals surface area contributed by atoms with Crippen LogP contribution in [0.1, 0.15) is 42.4 Å². The molecule has 1 N–H and O–H groups in total. The van der Waals surface area contributed by atoms with E-state index in [-0.39, 0.29) is 18.5 Å². The van der Waals surface area contributed by atoms with Crippen LogP contribution in [0.3, 0.4) is 0 Å². The summed E-state index contributed by atoms with van der Waals surface area (Å²) in [5, 5.41) is 11.7. The number of thiophene rings is 1. The molecule has 2 aromatic heterocycles. The number of furan rings is 1. The second kappa shape index (κ2) is 8.98. The SMILES string of the molecule is O=C(CNc1ccccc1N1CCCCC1)N1N=C(c2cccs2)CC1c1ccco1. The van der Waals surface area contributed by atoms with E-state index in [2.05, 4.69) is 22.3 Å². The number of carbonyl (C=O) groups is 1. The fourth-order valence-electron chi connectivity index (χ4n) is 4.32. The van der Waals surface area contributed by atoms with Gasteiger partial charge in [-0.1, -0.05) is 18.2 Å². The molecular weight excluding hydrogens is 408 g/mol. The number of piperidine rings is 1. The number of para-hydroxylation sites is 2. The molecule has 7 heteroatoms. The Hall–Kier alpha value is -3.06. The summed E-state index contributed by atoms with van der Waals surface area (Å²) < 4.78 is 5.63. The molecule has 0 saturated carbocycles. The Morgan fingerprint density at radius 2 is 1.97 bits per heavy atom. The number of benzene rings is 1. The molecule has 1 amide bonds. The molecule has 1 saturated heterocycles. The van der Waals surface area contributed by atoms with Crippen LogP contribution < -0.4 is 10.2 Å². The van der Waals surface area contributed by atoms with Gasteiger partial charge in [0, 0.05) is 19.5 Å². The highest BCUT2D eigenvalue weighted by Crippen LogP contribution is 2.34. The molecule has 1 unspecified atom stereocenters. The van der Waals surface area contributed by atoms with Gasteiger partial charge in [-0.3, -0.25) is 4.79 Å². The van der Waals surface area contributed by atoms with Crippen molar-refractivity contribution in [3.05, 3.63) is 70.8 Å². The Balaban J connectivity index is 1.33. The number of carbonyl (C=O) groups excluding carboxylic acids is 1. The predicted molar refractivity (Wildman–Crippen MR) is 125 cm³/mol. The zero-order valence-corrected chi connectivity index (χ0v) is 18.2. The summed E-state index contributed by atoms with van der Waals surface area (Å²) in [4.78, 5) is 16.7. The lowest BCUT2D eigenvalue weighted by molar-refractivity contribution is -0.131. The van der Waals surface area contributed by atoms with Gasteiger partial charge >= 0.3 is 0 Å². The minimum absolute atomic E-state index is 0.0681. The fourth-order valence-corrected chi connectivity index (χ4v) is 5.04. The van der Waals surface area contributed by atoms with Gasteiger partial charge in [0.1, 0.15) is 11.8 Å². The lowest BCUT2D eigenvalue weighted by Crippen LogP contribution is -2.33. The number of hydrazone groups is 1. The molecule has 0 aliphatic carbocycles. The van der Waals surface area contributed by atoms with Crippen LogP contribution in [0.2, 0.25) is 0 Å². The van der Waals surface area contributed by atoms with Crippen molar-refractivity contribution >= 4 is 34.3 Å². The molecule has 160 valence electrons. The van der Waals surface area contributed by atoms with Gasteiger partial charge in [0.15, 0.2) is 0 Å². The summed E-state index contributed by atoms with van der Waals surface area (Å²) >= 11 is 1.64. The molecule has 1 atom stereocenters. The van der Waals surface area contributed by atoms with Gasteiger partial charge in [0.2, 0.25) is 0 Å². The third-order valence-corrected chi connectivity index (χ3v) is 6.79. The quantitative estimate of drug-likeness (QED) is 0.585. The van der Waals surface area contributed by atoms with Gasteiger partial charge < -0.3 is 14.6 Å². The number of rotatable bonds is 6. The molecule has 2 aliphatic heterocycles. The van der Waals surface area contributed by atoms with Crippen LogP contribution in [0.25, 0.3) is 0 Å². The van der Waals surface area contributed by atoms with E-state index in [1.807, 2.05) is 41.8 Å². The molecule has 0 spiro atoms. The number of nitrogens with zero attached hydrogens (tertiary/aromatic N) is 3. The number of nitrogens with one attached hydrogen (secondary N) is 1. The first kappa shape index (κ1) is 19.9. The van der Waals surface area contributed by atoms with Crippen LogP contribution in [0.5, 0.6) is 0 Å². The number of hydrogen-bond acceptors (Lipinski definition) is 6. The first-order valence-electron chi connectivity index (χ1n) is 10.8. The maximum absolute atomic E-state index is 13.2. The smallest absolute Gasteiger partial charge is 0.262 e. The summed E-state index contributed by atoms with van der Waals surface area (Å²) in [6.07, 6.45) is 6.02. The average molecular weight is 435 g/mol. The summed E-state index contributed by atoms with van der Waals surface area (Å²) in [6, 6.07) is 15.9. The number of hydrogen-bond donors (Lipinski definition) is 1. The maximum Gasteiger partial charge on any atom is 0.262 e. The summed E-state index contributed by atoms with van der Waals surface area (Å²) in [5.41, 5.74) is 3.09. The van der Waals surface area contributed by atoms with E-state index in [9.17, 15) is 4.79 Å². The summed E-state index contributed by atoms with van der Waals surface area (Å²) in [6.45, 7) is 2.31. The zero-order valence-electron chi connectivity index (χ0n) is 17.4. The molecular formula is C24H26N4O2S. The van der Waals surface area contributed by atoms with E-state index >= 15 is 0 Å². The highest BCUT2D eigenvalue weighted by molar-refractivity contribution is 7.12. The highest BCUT2D eigenvalue weighted by Gasteiger charge is 2.35. The number of anilines is 2. The van der Waals surface area contributed by atoms with Gasteiger partial charge in [-0.15, -0.1) is 11.3 Å². The van der Waals surface area contributed by atoms with Crippen molar-refractivity contribution in [1.29, 1.82) is 0 Å². The van der Waals surface area contributed by atoms with Crippen LogP contribution in [-0.4, -0.2) is 36.3 Å². The van der Waals surface area contributed by atoms with Gasteiger partial charge in [0.05, 0.1) is 34.8 Å². The molecule has 1 fully saturated rings. The van der Waals surface area contributed by atoms with Crippen LogP contribution in [0.4, 0.5) is 11.4 Å². The highest BCUT2D eigenvalue weighted by atomic mass is 32.1. The van der Waals surface area contributed by atoms with Crippen molar-refractivity contribution in [2.24, 2.45) is 5.10 Å². The Bertz CT molecular complexity index is 1040. The van der Waals surface area contributed by atoms with E-state index < -0.39 is 0 Å². The molecule has 4 heterocycles. The topological polar surface area (TPSA) is 61.1 Å². The van der Waals surface area contributed by atoms with Crippen LogP contribution in [0.15, 0.2) is 69.7 Å². The first-order valence-corrected chi connectivity index (χ1v) is 11.7. The van der Waals surface area contributed by atoms with Crippen molar-refractivity contribution in [1.82, 2.24) is 5.01 Å². The van der Waals surface area contributed by atoms with Gasteiger partial charge in [-0.2, -0.15) is 5.10 Å². The van der Waals surface area contributed by atoms with Crippen molar-refractivity contribution in [2.75, 3.05) is 29.9 Å². The molecule has 0 bridgehead atoms. The lowest BCUT2D eigenvalue weighted by atomic mass is 10.1. The van der Waals surface area contributed by atoms with Crippen molar-refractivity contribution < 1.29 is 9.21 Å². The Morgan fingerprint density at radius 1 is 1.10 bits per heavy atom. The standard InChI is InChI=1S/C24H26N4O2S/c29-24(17-25-18-8-2-3-9-20(18)27-12-4-1-5-13-27)28-21(22-10-6-14-30-22)16-19(26-28)23-11-7-15-31-23/h2-3,6-11,14-15,21,25H,1,4-5,12-13,16-17H2. The Labute approximate surface area is 186 Å². The maximum atomic E-state index is 13.2. The molecule has 5 rings (SSSR count). The van der Waals surface area contributed by atoms with E-state index in [4.69, 9.17) is 9.52 Å². The van der Waals surface area contributed by atoms with Crippen LogP contribution in [0, 0.1) is 0 Å². The van der Waals surface area contributed by atoms with E-state index in [1.54, 1.807) is 22.6 Å². The second-order valence-electron chi connectivity index (χ2n) is 7.92. The molecule has 0 radical (unpaired) electrons.